The molecule has 1 heterocycles. The van der Waals surface area contributed by atoms with Gasteiger partial charge in [-0.05, 0) is 47.0 Å². The number of nitrogens with zero attached hydrogens (tertiary/aromatic N) is 1. The SMILES string of the molecule is COc1ccc(S(=O)(=O)N2CCCCCCC2)cc1Br. The van der Waals surface area contributed by atoms with Crippen LogP contribution in [0.15, 0.2) is 27.6 Å². The van der Waals surface area contributed by atoms with E-state index in [-0.39, 0.29) is 0 Å². The molecule has 0 saturated carbocycles. The van der Waals surface area contributed by atoms with E-state index >= 15 is 0 Å². The molecule has 0 N–H and O–H groups in total. The first kappa shape index (κ1) is 15.8. The molecule has 1 aromatic rings. The van der Waals surface area contributed by atoms with Gasteiger partial charge < -0.3 is 4.74 Å². The fourth-order valence-electron chi connectivity index (χ4n) is 2.42. The van der Waals surface area contributed by atoms with Gasteiger partial charge in [-0.3, -0.25) is 0 Å². The van der Waals surface area contributed by atoms with Gasteiger partial charge in [0, 0.05) is 13.1 Å². The van der Waals surface area contributed by atoms with Gasteiger partial charge in [-0.15, -0.1) is 0 Å². The van der Waals surface area contributed by atoms with Crippen molar-refractivity contribution in [1.82, 2.24) is 4.31 Å². The van der Waals surface area contributed by atoms with E-state index in [1.165, 1.54) is 6.42 Å². The largest absolute Gasteiger partial charge is 0.496 e. The van der Waals surface area contributed by atoms with Crippen LogP contribution >= 0.6 is 15.9 Å². The Labute approximate surface area is 129 Å². The van der Waals surface area contributed by atoms with E-state index in [0.717, 1.165) is 25.7 Å². The topological polar surface area (TPSA) is 46.6 Å². The molecule has 0 unspecified atom stereocenters. The lowest BCUT2D eigenvalue weighted by molar-refractivity contribution is 0.364. The summed E-state index contributed by atoms with van der Waals surface area (Å²) in [4.78, 5) is 0.325. The van der Waals surface area contributed by atoms with Crippen molar-refractivity contribution in [2.45, 2.75) is 37.0 Å². The van der Waals surface area contributed by atoms with E-state index in [0.29, 0.717) is 28.2 Å². The summed E-state index contributed by atoms with van der Waals surface area (Å²) in [6.07, 6.45) is 5.31. The van der Waals surface area contributed by atoms with Gasteiger partial charge in [-0.1, -0.05) is 19.3 Å². The third-order valence-electron chi connectivity index (χ3n) is 3.58. The van der Waals surface area contributed by atoms with Gasteiger partial charge in [0.05, 0.1) is 16.5 Å². The summed E-state index contributed by atoms with van der Waals surface area (Å²) < 4.78 is 32.7. The Morgan fingerprint density at radius 1 is 1.10 bits per heavy atom. The van der Waals surface area contributed by atoms with Gasteiger partial charge in [-0.25, -0.2) is 8.42 Å². The van der Waals surface area contributed by atoms with Crippen molar-refractivity contribution < 1.29 is 13.2 Å². The minimum absolute atomic E-state index is 0.325. The normalized spacial score (nSPS) is 18.3. The third kappa shape index (κ3) is 3.54. The molecular formula is C14H20BrNO3S. The Kier molecular flexibility index (Phi) is 5.46. The van der Waals surface area contributed by atoms with Crippen LogP contribution in [0.5, 0.6) is 5.75 Å². The standard InChI is InChI=1S/C14H20BrNO3S/c1-19-14-8-7-12(11-13(14)15)20(17,18)16-9-5-3-2-4-6-10-16/h7-8,11H,2-6,9-10H2,1H3. The third-order valence-corrected chi connectivity index (χ3v) is 6.09. The van der Waals surface area contributed by atoms with Gasteiger partial charge in [0.15, 0.2) is 0 Å². The molecule has 0 aromatic heterocycles. The van der Waals surface area contributed by atoms with Crippen LogP contribution in [0.25, 0.3) is 0 Å². The predicted octanol–water partition coefficient (Wildman–Crippen LogP) is 3.41. The van der Waals surface area contributed by atoms with Crippen LogP contribution in [0.2, 0.25) is 0 Å². The van der Waals surface area contributed by atoms with Gasteiger partial charge in [0.1, 0.15) is 5.75 Å². The lowest BCUT2D eigenvalue weighted by Gasteiger charge is -2.24. The van der Waals surface area contributed by atoms with E-state index in [9.17, 15) is 8.42 Å². The Balaban J connectivity index is 2.26. The quantitative estimate of drug-likeness (QED) is 0.828. The summed E-state index contributed by atoms with van der Waals surface area (Å²) in [5.41, 5.74) is 0. The van der Waals surface area contributed by atoms with E-state index in [1.54, 1.807) is 29.6 Å². The van der Waals surface area contributed by atoms with E-state index in [4.69, 9.17) is 4.74 Å². The number of sulfonamides is 1. The molecule has 112 valence electrons. The summed E-state index contributed by atoms with van der Waals surface area (Å²) in [6.45, 7) is 1.23. The number of ether oxygens (including phenoxy) is 1. The Morgan fingerprint density at radius 3 is 2.25 bits per heavy atom. The molecule has 1 aromatic carbocycles. The Bertz CT molecular complexity index is 552. The van der Waals surface area contributed by atoms with Crippen molar-refractivity contribution in [2.75, 3.05) is 20.2 Å². The van der Waals surface area contributed by atoms with Crippen molar-refractivity contribution in [3.63, 3.8) is 0 Å². The molecule has 0 bridgehead atoms. The minimum Gasteiger partial charge on any atom is -0.496 e. The van der Waals surface area contributed by atoms with Gasteiger partial charge in [0.25, 0.3) is 0 Å². The molecule has 1 aliphatic rings. The molecular weight excluding hydrogens is 342 g/mol. The molecule has 1 saturated heterocycles. The first-order valence-electron chi connectivity index (χ1n) is 6.89. The number of hydrogen-bond acceptors (Lipinski definition) is 3. The van der Waals surface area contributed by atoms with Crippen molar-refractivity contribution >= 4 is 26.0 Å². The second-order valence-corrected chi connectivity index (χ2v) is 7.76. The van der Waals surface area contributed by atoms with Crippen molar-refractivity contribution in [3.8, 4) is 5.75 Å². The van der Waals surface area contributed by atoms with Crippen molar-refractivity contribution in [1.29, 1.82) is 0 Å². The average molecular weight is 362 g/mol. The highest BCUT2D eigenvalue weighted by Crippen LogP contribution is 2.29. The van der Waals surface area contributed by atoms with Crippen LogP contribution in [-0.2, 0) is 10.0 Å². The molecule has 0 radical (unpaired) electrons. The van der Waals surface area contributed by atoms with Crippen molar-refractivity contribution in [2.24, 2.45) is 0 Å². The monoisotopic (exact) mass is 361 g/mol. The van der Waals surface area contributed by atoms with Gasteiger partial charge in [0.2, 0.25) is 10.0 Å². The molecule has 0 amide bonds. The maximum Gasteiger partial charge on any atom is 0.243 e. The molecule has 0 spiro atoms. The van der Waals surface area contributed by atoms with E-state index in [2.05, 4.69) is 15.9 Å². The van der Waals surface area contributed by atoms with E-state index in [1.807, 2.05) is 0 Å². The summed E-state index contributed by atoms with van der Waals surface area (Å²) >= 11 is 3.34. The number of methoxy groups -OCH3 is 1. The lowest BCUT2D eigenvalue weighted by Crippen LogP contribution is -2.33. The zero-order valence-corrected chi connectivity index (χ0v) is 14.0. The highest BCUT2D eigenvalue weighted by molar-refractivity contribution is 9.10. The summed E-state index contributed by atoms with van der Waals surface area (Å²) in [6, 6.07) is 4.91. The molecule has 2 rings (SSSR count). The highest BCUT2D eigenvalue weighted by Gasteiger charge is 2.25. The highest BCUT2D eigenvalue weighted by atomic mass is 79.9. The summed E-state index contributed by atoms with van der Waals surface area (Å²) in [5, 5.41) is 0. The molecule has 0 aliphatic carbocycles. The van der Waals surface area contributed by atoms with Crippen LogP contribution in [-0.4, -0.2) is 32.9 Å². The van der Waals surface area contributed by atoms with Crippen LogP contribution in [0.4, 0.5) is 0 Å². The zero-order chi connectivity index (χ0) is 14.6. The number of benzene rings is 1. The maximum absolute atomic E-state index is 12.7. The minimum atomic E-state index is -3.40. The molecule has 1 fully saturated rings. The molecule has 1 aliphatic heterocycles. The number of hydrogen-bond donors (Lipinski definition) is 0. The van der Waals surface area contributed by atoms with E-state index < -0.39 is 10.0 Å². The predicted molar refractivity (Wildman–Crippen MR) is 82.5 cm³/mol. The fraction of sp³-hybridized carbons (Fsp3) is 0.571. The fourth-order valence-corrected chi connectivity index (χ4v) is 4.65. The van der Waals surface area contributed by atoms with Crippen LogP contribution < -0.4 is 4.74 Å². The molecule has 4 nitrogen and oxygen atoms in total. The van der Waals surface area contributed by atoms with Crippen LogP contribution in [0.1, 0.15) is 32.1 Å². The first-order chi connectivity index (χ1) is 9.55. The maximum atomic E-state index is 12.7. The lowest BCUT2D eigenvalue weighted by atomic mass is 10.1. The van der Waals surface area contributed by atoms with Gasteiger partial charge in [-0.2, -0.15) is 4.31 Å². The second-order valence-electron chi connectivity index (χ2n) is 4.97. The Morgan fingerprint density at radius 2 is 1.70 bits per heavy atom. The average Bonchev–Trinajstić information content (AvgIpc) is 2.37. The Hall–Kier alpha value is -0.590. The summed E-state index contributed by atoms with van der Waals surface area (Å²) in [7, 11) is -1.84. The first-order valence-corrected chi connectivity index (χ1v) is 9.12. The zero-order valence-electron chi connectivity index (χ0n) is 11.6. The van der Waals surface area contributed by atoms with Crippen LogP contribution in [0.3, 0.4) is 0 Å². The summed E-state index contributed by atoms with van der Waals surface area (Å²) in [5.74, 6) is 0.636. The number of halogens is 1. The van der Waals surface area contributed by atoms with Crippen molar-refractivity contribution in [3.05, 3.63) is 22.7 Å². The molecule has 6 heteroatoms. The molecule has 0 atom stereocenters. The van der Waals surface area contributed by atoms with Crippen LogP contribution in [0, 0.1) is 0 Å². The molecule has 20 heavy (non-hydrogen) atoms. The van der Waals surface area contributed by atoms with Gasteiger partial charge >= 0.3 is 0 Å². The smallest absolute Gasteiger partial charge is 0.243 e. The number of rotatable bonds is 3. The second kappa shape index (κ2) is 6.91.